The van der Waals surface area contributed by atoms with Crippen molar-refractivity contribution in [3.05, 3.63) is 228 Å². The van der Waals surface area contributed by atoms with Crippen molar-refractivity contribution < 1.29 is 94.5 Å². The number of halogens is 15. The Balaban J connectivity index is 1.37. The molecule has 4 aliphatic heterocycles. The van der Waals surface area contributed by atoms with Crippen LogP contribution in [0.5, 0.6) is 0 Å². The number of nitrogens with one attached hydrogen (secondary N) is 3. The van der Waals surface area contributed by atoms with E-state index in [1.54, 1.807) is 0 Å². The number of methoxy groups -OCH3 is 3. The molecule has 0 saturated heterocycles. The van der Waals surface area contributed by atoms with Crippen molar-refractivity contribution in [1.82, 2.24) is 15.0 Å². The van der Waals surface area contributed by atoms with Crippen molar-refractivity contribution in [3.63, 3.8) is 0 Å². The quantitative estimate of drug-likeness (QED) is 0.0363. The van der Waals surface area contributed by atoms with Crippen molar-refractivity contribution >= 4 is 51.8 Å². The van der Waals surface area contributed by atoms with Gasteiger partial charge in [0.25, 0.3) is 0 Å². The number of hydrogen-bond donors (Lipinski definition) is 3. The largest absolute Gasteiger partial charge is 0.469 e. The summed E-state index contributed by atoms with van der Waals surface area (Å²) in [5.74, 6) is -42.8. The number of allylic oxidation sites excluding steroid dienone is 6. The fourth-order valence-electron chi connectivity index (χ4n) is 12.5. The number of benzene rings is 3. The zero-order valence-electron chi connectivity index (χ0n) is 50.2. The van der Waals surface area contributed by atoms with Gasteiger partial charge in [0.15, 0.2) is 69.8 Å². The lowest BCUT2D eigenvalue weighted by Gasteiger charge is -2.33. The molecule has 0 spiro atoms. The Bertz CT molecular complexity index is 4430. The second-order valence-corrected chi connectivity index (χ2v) is 24.2. The molecule has 3 aromatic heterocycles. The molecule has 486 valence electrons. The number of fused-ring (bicyclic) bond motifs is 9. The highest BCUT2D eigenvalue weighted by molar-refractivity contribution is 6.20. The third-order valence-electron chi connectivity index (χ3n) is 16.7. The van der Waals surface area contributed by atoms with Gasteiger partial charge in [0.2, 0.25) is 17.5 Å². The minimum atomic E-state index is -2.55. The lowest BCUT2D eigenvalue weighted by molar-refractivity contribution is -0.144. The van der Waals surface area contributed by atoms with Gasteiger partial charge in [-0.1, -0.05) is 41.5 Å². The molecule has 12 bridgehead atoms. The Kier molecular flexibility index (Phi) is 17.4. The molecule has 6 aromatic rings. The van der Waals surface area contributed by atoms with E-state index >= 15 is 52.7 Å². The molecule has 0 fully saturated rings. The third-order valence-corrected chi connectivity index (χ3v) is 16.7. The third kappa shape index (κ3) is 11.5. The summed E-state index contributed by atoms with van der Waals surface area (Å²) < 4.78 is 253. The number of ether oxygens (including phenoxy) is 3. The van der Waals surface area contributed by atoms with Crippen LogP contribution in [0, 0.1) is 109 Å². The Morgan fingerprint density at radius 2 is 0.570 bits per heavy atom. The van der Waals surface area contributed by atoms with Crippen LogP contribution in [0.4, 0.5) is 65.9 Å². The highest BCUT2D eigenvalue weighted by atomic mass is 19.2. The summed E-state index contributed by atoms with van der Waals surface area (Å²) in [6, 6.07) is 7.21. The fraction of sp³-hybridized carbons (Fsp3) is 0.273. The molecule has 27 heteroatoms. The predicted molar refractivity (Wildman–Crippen MR) is 308 cm³/mol. The van der Waals surface area contributed by atoms with E-state index < -0.39 is 226 Å². The van der Waals surface area contributed by atoms with Crippen molar-refractivity contribution in [1.29, 1.82) is 0 Å². The Hall–Kier alpha value is -9.69. The number of aromatic amines is 3. The van der Waals surface area contributed by atoms with Gasteiger partial charge in [-0.25, -0.2) is 65.9 Å². The van der Waals surface area contributed by atoms with Gasteiger partial charge in [-0.05, 0) is 89.1 Å². The summed E-state index contributed by atoms with van der Waals surface area (Å²) >= 11 is 0. The van der Waals surface area contributed by atoms with Crippen LogP contribution in [0.15, 0.2) is 105 Å². The smallest absolute Gasteiger partial charge is 0.306 e. The van der Waals surface area contributed by atoms with Crippen LogP contribution in [0.1, 0.15) is 123 Å². The molecular formula is C66H51F15N6O6. The molecule has 0 amide bonds. The summed E-state index contributed by atoms with van der Waals surface area (Å²) in [5.41, 5.74) is -15.2. The van der Waals surface area contributed by atoms with Gasteiger partial charge >= 0.3 is 17.9 Å². The maximum atomic E-state index is 16.6. The van der Waals surface area contributed by atoms with E-state index in [1.807, 2.05) is 0 Å². The van der Waals surface area contributed by atoms with Crippen molar-refractivity contribution in [2.24, 2.45) is 37.1 Å². The van der Waals surface area contributed by atoms with Gasteiger partial charge in [-0.3, -0.25) is 29.4 Å². The number of rotatable bonds is 12. The van der Waals surface area contributed by atoms with E-state index in [2.05, 4.69) is 24.9 Å². The van der Waals surface area contributed by atoms with Crippen LogP contribution in [-0.2, 0) is 28.6 Å². The molecule has 12 nitrogen and oxygen atoms in total. The zero-order chi connectivity index (χ0) is 68.0. The molecule has 3 N–H and O–H groups in total. The Labute approximate surface area is 518 Å². The minimum absolute atomic E-state index is 0.0458. The lowest BCUT2D eigenvalue weighted by atomic mass is 9.71. The SMILES string of the molecule is COC(=O)CC(C)(C)[C@@H]1C2=N/C(=C(/c3c(F)c(F)c(F)c(F)c3F)c3ccc([nH]3)[C@@H](C(C)(C)CC(=O)OC)c3ccc([nH]3)/C(c3c(F)c(F)c(F)c(F)c3F)=C3/C=CC(=N3)[C@@H](C(C)(C)CC(=O)OC)c3ccc([nH]3)/C(c3c(F)c(F)c(F)c(F)c3F)=C3/C=CC1=N3)C=C2. The molecule has 93 heavy (non-hydrogen) atoms. The van der Waals surface area contributed by atoms with E-state index in [-0.39, 0.29) is 34.2 Å². The summed E-state index contributed by atoms with van der Waals surface area (Å²) in [7, 11) is 3.19. The predicted octanol–water partition coefficient (Wildman–Crippen LogP) is 15.4. The van der Waals surface area contributed by atoms with Gasteiger partial charge in [-0.15, -0.1) is 0 Å². The number of H-pyrrole nitrogens is 3. The van der Waals surface area contributed by atoms with Crippen LogP contribution in [0.25, 0.3) is 16.7 Å². The molecule has 3 atom stereocenters. The molecule has 10 rings (SSSR count). The van der Waals surface area contributed by atoms with Gasteiger partial charge in [0.05, 0.1) is 91.5 Å². The van der Waals surface area contributed by atoms with Crippen LogP contribution in [-0.4, -0.2) is 71.3 Å². The van der Waals surface area contributed by atoms with Gasteiger partial charge in [0, 0.05) is 68.6 Å². The first kappa shape index (κ1) is 66.2. The van der Waals surface area contributed by atoms with Crippen molar-refractivity contribution in [3.8, 4) is 0 Å². The fourth-order valence-corrected chi connectivity index (χ4v) is 12.5. The molecule has 4 aliphatic rings. The monoisotopic (exact) mass is 1310 g/mol. The standard InChI is InChI=1S/C66H51F15N6O6/c1-64(2,22-37(88)91-7)46-31-16-10-25(82-31)40(43-49(67)55(73)61(79)56(74)50(43)68)27-12-18-33(84-27)47(65(3,4)23-38(89)92-8)35-20-14-29(86-35)42(45-53(71)59(77)63(81)60(78)54(45)72)30-15-21-36(87-30)48(66(5,6)24-39(90)93-9)34-19-13-28(85-34)41(26-11-17-32(46)83-26)44-51(69)57(75)62(80)58(76)52(44)70/h10-21,46-48,82-83,86H,22-24H2,1-9H3/b40-27+,41-28+,42-30+/t46-,47+,48+/m0/s1. The number of esters is 3. The topological polar surface area (TPSA) is 163 Å². The molecule has 0 radical (unpaired) electrons. The summed E-state index contributed by atoms with van der Waals surface area (Å²) in [6.07, 6.45) is 5.47. The molecule has 3 aromatic carbocycles. The van der Waals surface area contributed by atoms with Gasteiger partial charge in [-0.2, -0.15) is 0 Å². The second kappa shape index (κ2) is 24.4. The number of carbonyl (C=O) groups is 3. The van der Waals surface area contributed by atoms with E-state index in [0.717, 1.165) is 57.8 Å². The summed E-state index contributed by atoms with van der Waals surface area (Å²) in [5, 5.41) is 0. The average Bonchev–Trinajstić information content (AvgIpc) is 1.69. The number of carbonyl (C=O) groups excluding carboxylic acids is 3. The molecule has 0 saturated carbocycles. The normalized spacial score (nSPS) is 19.9. The van der Waals surface area contributed by atoms with E-state index in [1.165, 1.54) is 78.0 Å². The van der Waals surface area contributed by atoms with Crippen LogP contribution in [0.2, 0.25) is 0 Å². The minimum Gasteiger partial charge on any atom is -0.469 e. The van der Waals surface area contributed by atoms with E-state index in [4.69, 9.17) is 19.2 Å². The highest BCUT2D eigenvalue weighted by Gasteiger charge is 2.45. The summed E-state index contributed by atoms with van der Waals surface area (Å²) in [6.45, 7) is 9.06. The number of hydrogen-bond acceptors (Lipinski definition) is 9. The first-order valence-electron chi connectivity index (χ1n) is 28.1. The maximum absolute atomic E-state index is 16.6. The van der Waals surface area contributed by atoms with Crippen molar-refractivity contribution in [2.75, 3.05) is 21.3 Å². The number of nitrogens with zero attached hydrogens (tertiary/aromatic N) is 3. The molecule has 0 aliphatic carbocycles. The molecule has 7 heterocycles. The first-order chi connectivity index (χ1) is 43.7. The van der Waals surface area contributed by atoms with Crippen molar-refractivity contribution in [2.45, 2.75) is 72.6 Å². The van der Waals surface area contributed by atoms with Gasteiger partial charge in [0.1, 0.15) is 0 Å². The second-order valence-electron chi connectivity index (χ2n) is 24.2. The van der Waals surface area contributed by atoms with Crippen LogP contribution in [0.3, 0.4) is 0 Å². The Morgan fingerprint density at radius 1 is 0.344 bits per heavy atom. The maximum Gasteiger partial charge on any atom is 0.306 e. The van der Waals surface area contributed by atoms with E-state index in [9.17, 15) is 27.6 Å². The Morgan fingerprint density at radius 3 is 0.839 bits per heavy atom. The zero-order valence-corrected chi connectivity index (χ0v) is 50.2. The van der Waals surface area contributed by atoms with Crippen LogP contribution >= 0.6 is 0 Å². The lowest BCUT2D eigenvalue weighted by Crippen LogP contribution is -2.37. The first-order valence-corrected chi connectivity index (χ1v) is 28.1. The molecular weight excluding hydrogens is 1260 g/mol. The average molecular weight is 1310 g/mol. The van der Waals surface area contributed by atoms with Crippen LogP contribution < -0.4 is 0 Å². The van der Waals surface area contributed by atoms with Gasteiger partial charge < -0.3 is 29.2 Å². The van der Waals surface area contributed by atoms with E-state index in [0.29, 0.717) is 0 Å². The number of aliphatic imine (C=N–C) groups is 3. The highest BCUT2D eigenvalue weighted by Crippen LogP contribution is 2.49. The molecule has 0 unspecified atom stereocenters. The number of aromatic nitrogens is 3. The summed E-state index contributed by atoms with van der Waals surface area (Å²) in [4.78, 5) is 62.7.